The van der Waals surface area contributed by atoms with Crippen molar-refractivity contribution in [2.45, 2.75) is 102 Å². The summed E-state index contributed by atoms with van der Waals surface area (Å²) in [5.41, 5.74) is 5.18. The fraction of sp³-hybridized carbons (Fsp3) is 0.541. The average Bonchev–Trinajstić information content (AvgIpc) is 3.90. The lowest BCUT2D eigenvalue weighted by atomic mass is 10.0. The Morgan fingerprint density at radius 1 is 0.981 bits per heavy atom. The van der Waals surface area contributed by atoms with E-state index in [0.29, 0.717) is 42.9 Å². The third-order valence-corrected chi connectivity index (χ3v) is 10.2. The summed E-state index contributed by atoms with van der Waals surface area (Å²) in [7, 11) is 5.04. The number of imide groups is 1. The topological polar surface area (TPSA) is 184 Å². The molecule has 1 unspecified atom stereocenters. The molecule has 0 spiro atoms. The van der Waals surface area contributed by atoms with Gasteiger partial charge in [0.05, 0.1) is 35.4 Å². The fourth-order valence-electron chi connectivity index (χ4n) is 7.43. The van der Waals surface area contributed by atoms with Gasteiger partial charge in [-0.25, -0.2) is 9.59 Å². The van der Waals surface area contributed by atoms with Crippen LogP contribution in [0.5, 0.6) is 0 Å². The molecule has 2 fully saturated rings. The fourth-order valence-corrected chi connectivity index (χ4v) is 7.43. The Morgan fingerprint density at radius 2 is 1.79 bits per heavy atom. The molecule has 15 nitrogen and oxygen atoms in total. The van der Waals surface area contributed by atoms with Gasteiger partial charge in [-0.3, -0.25) is 38.6 Å². The summed E-state index contributed by atoms with van der Waals surface area (Å²) in [6.07, 6.45) is 8.31. The summed E-state index contributed by atoms with van der Waals surface area (Å²) in [6, 6.07) is 8.91. The lowest BCUT2D eigenvalue weighted by Crippen LogP contribution is -2.44. The Kier molecular flexibility index (Phi) is 11.7. The first kappa shape index (κ1) is 36.7. The van der Waals surface area contributed by atoms with E-state index in [2.05, 4.69) is 25.9 Å². The minimum atomic E-state index is -0.687. The van der Waals surface area contributed by atoms with Crippen LogP contribution in [0.2, 0.25) is 0 Å². The number of aromatic nitrogens is 6. The lowest BCUT2D eigenvalue weighted by molar-refractivity contribution is -0.135. The molecule has 3 atom stereocenters. The number of methoxy groups -OCH3 is 1. The summed E-state index contributed by atoms with van der Waals surface area (Å²) in [5.74, 6) is -0.631. The van der Waals surface area contributed by atoms with Crippen LogP contribution in [0.3, 0.4) is 0 Å². The van der Waals surface area contributed by atoms with Gasteiger partial charge in [-0.2, -0.15) is 10.2 Å². The molecule has 3 N–H and O–H groups in total. The van der Waals surface area contributed by atoms with Crippen LogP contribution in [0.15, 0.2) is 35.1 Å². The quantitative estimate of drug-likeness (QED) is 0.0879. The number of ketones is 1. The van der Waals surface area contributed by atoms with Crippen LogP contribution >= 0.6 is 0 Å². The number of H-pyrrole nitrogens is 1. The molecule has 52 heavy (non-hydrogen) atoms. The van der Waals surface area contributed by atoms with Crippen molar-refractivity contribution in [3.8, 4) is 0 Å². The van der Waals surface area contributed by atoms with E-state index in [1.165, 1.54) is 4.57 Å². The standard InChI is InChI=1S/C37H48N8O7/c1-43-31-17-23(10-13-29(31)45(37(43)50)30-14-15-34(47)39-35(30)48)9-7-5-4-6-8-16-38-36(49)52-27-12-11-24(18-27)28-19-25(40-41-28)21-33(46)32-20-26(22-51-3)42-44(32)2/h10,13,17,19-20,24,27,30H,4-9,11-12,14-16,18,21-22H2,1-3H3,(H,38,49)(H,40,41)(H,39,47,48)/t24-,27+,30?/m0/s1. The number of nitrogens with zero attached hydrogens (tertiary/aromatic N) is 5. The predicted octanol–water partition coefficient (Wildman–Crippen LogP) is 3.90. The molecule has 1 aromatic carbocycles. The number of ether oxygens (including phenoxy) is 2. The van der Waals surface area contributed by atoms with Crippen LogP contribution in [0, 0.1) is 0 Å². The predicted molar refractivity (Wildman–Crippen MR) is 191 cm³/mol. The van der Waals surface area contributed by atoms with Crippen LogP contribution in [0.4, 0.5) is 4.79 Å². The van der Waals surface area contributed by atoms with Gasteiger partial charge < -0.3 is 14.8 Å². The summed E-state index contributed by atoms with van der Waals surface area (Å²) >= 11 is 0. The number of benzene rings is 1. The van der Waals surface area contributed by atoms with Gasteiger partial charge in [0.1, 0.15) is 17.8 Å². The van der Waals surface area contributed by atoms with E-state index in [4.69, 9.17) is 9.47 Å². The third kappa shape index (κ3) is 8.52. The maximum absolute atomic E-state index is 13.0. The number of unbranched alkanes of at least 4 members (excludes halogenated alkanes) is 4. The van der Waals surface area contributed by atoms with Crippen molar-refractivity contribution in [2.75, 3.05) is 13.7 Å². The number of rotatable bonds is 16. The largest absolute Gasteiger partial charge is 0.446 e. The highest BCUT2D eigenvalue weighted by atomic mass is 16.6. The third-order valence-electron chi connectivity index (χ3n) is 10.2. The average molecular weight is 717 g/mol. The van der Waals surface area contributed by atoms with Gasteiger partial charge in [0.2, 0.25) is 11.8 Å². The highest BCUT2D eigenvalue weighted by Gasteiger charge is 2.32. The molecule has 3 amide bonds. The molecule has 15 heteroatoms. The molecule has 3 aromatic heterocycles. The number of carbonyl (C=O) groups is 4. The number of nitrogens with one attached hydrogen (secondary N) is 3. The second-order valence-corrected chi connectivity index (χ2v) is 14.0. The molecule has 4 heterocycles. The van der Waals surface area contributed by atoms with Gasteiger partial charge in [0.15, 0.2) is 5.78 Å². The molecule has 1 aliphatic carbocycles. The minimum Gasteiger partial charge on any atom is -0.446 e. The van der Waals surface area contributed by atoms with Crippen LogP contribution in [0.1, 0.15) is 109 Å². The Labute approximate surface area is 301 Å². The van der Waals surface area contributed by atoms with Crippen LogP contribution in [-0.2, 0) is 52.6 Å². The van der Waals surface area contributed by atoms with Crippen molar-refractivity contribution in [2.24, 2.45) is 14.1 Å². The molecular weight excluding hydrogens is 668 g/mol. The maximum Gasteiger partial charge on any atom is 0.407 e. The lowest BCUT2D eigenvalue weighted by Gasteiger charge is -2.21. The van der Waals surface area contributed by atoms with Crippen LogP contribution in [-0.4, -0.2) is 72.6 Å². The van der Waals surface area contributed by atoms with Gasteiger partial charge in [-0.05, 0) is 74.8 Å². The van der Waals surface area contributed by atoms with E-state index in [0.717, 1.165) is 73.8 Å². The van der Waals surface area contributed by atoms with Crippen molar-refractivity contribution in [1.82, 2.24) is 39.7 Å². The number of piperidine rings is 1. The Morgan fingerprint density at radius 3 is 2.60 bits per heavy atom. The van der Waals surface area contributed by atoms with Crippen molar-refractivity contribution in [1.29, 1.82) is 0 Å². The molecular formula is C37H48N8O7. The normalized spacial score (nSPS) is 18.9. The number of fused-ring (bicyclic) bond motifs is 1. The summed E-state index contributed by atoms with van der Waals surface area (Å²) in [5, 5.41) is 17.0. The smallest absolute Gasteiger partial charge is 0.407 e. The van der Waals surface area contributed by atoms with E-state index in [-0.39, 0.29) is 48.3 Å². The van der Waals surface area contributed by atoms with E-state index >= 15 is 0 Å². The Hall–Kier alpha value is -5.05. The number of alkyl carbamates (subject to hydrolysis) is 1. The first-order chi connectivity index (χ1) is 25.1. The van der Waals surface area contributed by atoms with E-state index in [1.807, 2.05) is 24.3 Å². The second kappa shape index (κ2) is 16.5. The molecule has 278 valence electrons. The van der Waals surface area contributed by atoms with Crippen molar-refractivity contribution >= 4 is 34.7 Å². The monoisotopic (exact) mass is 716 g/mol. The zero-order valence-corrected chi connectivity index (χ0v) is 30.1. The number of amides is 3. The number of carbonyl (C=O) groups excluding carboxylic acids is 4. The zero-order valence-electron chi connectivity index (χ0n) is 30.1. The summed E-state index contributed by atoms with van der Waals surface area (Å²) in [6.45, 7) is 0.908. The molecule has 6 rings (SSSR count). The summed E-state index contributed by atoms with van der Waals surface area (Å²) in [4.78, 5) is 62.3. The number of Topliss-reactive ketones (excluding diaryl/α,β-unsaturated/α-hetero) is 1. The number of aryl methyl sites for hydroxylation is 3. The number of hydrogen-bond acceptors (Lipinski definition) is 9. The molecule has 4 aromatic rings. The highest BCUT2D eigenvalue weighted by molar-refractivity contribution is 6.00. The van der Waals surface area contributed by atoms with Crippen LogP contribution < -0.4 is 16.3 Å². The number of hydrogen-bond donors (Lipinski definition) is 3. The molecule has 1 aliphatic heterocycles. The van der Waals surface area contributed by atoms with Crippen molar-refractivity contribution in [3.63, 3.8) is 0 Å². The Bertz CT molecular complexity index is 1990. The molecule has 0 bridgehead atoms. The van der Waals surface area contributed by atoms with Gasteiger partial charge in [0, 0.05) is 45.8 Å². The van der Waals surface area contributed by atoms with Gasteiger partial charge in [-0.1, -0.05) is 25.3 Å². The van der Waals surface area contributed by atoms with Gasteiger partial charge in [-0.15, -0.1) is 0 Å². The molecule has 0 radical (unpaired) electrons. The molecule has 2 aliphatic rings. The van der Waals surface area contributed by atoms with Gasteiger partial charge in [0.25, 0.3) is 0 Å². The number of aromatic amines is 1. The van der Waals surface area contributed by atoms with Gasteiger partial charge >= 0.3 is 11.8 Å². The van der Waals surface area contributed by atoms with E-state index in [1.54, 1.807) is 36.5 Å². The highest BCUT2D eigenvalue weighted by Crippen LogP contribution is 2.35. The first-order valence-electron chi connectivity index (χ1n) is 18.2. The number of imidazole rings is 1. The van der Waals surface area contributed by atoms with Crippen molar-refractivity contribution in [3.05, 3.63) is 69.2 Å². The maximum atomic E-state index is 13.0. The minimum absolute atomic E-state index is 0.0533. The SMILES string of the molecule is COCc1cc(C(=O)Cc2cc([C@H]3CC[C@@H](OC(=O)NCCCCCCCc4ccc5c(c4)n(C)c(=O)n5C4CCC(=O)NC4=O)C3)n[nH]2)n(C)n1. The summed E-state index contributed by atoms with van der Waals surface area (Å²) < 4.78 is 15.4. The Balaban J connectivity index is 0.855. The van der Waals surface area contributed by atoms with Crippen LogP contribution in [0.25, 0.3) is 11.0 Å². The molecule has 1 saturated carbocycles. The van der Waals surface area contributed by atoms with E-state index in [9.17, 15) is 24.0 Å². The molecule has 1 saturated heterocycles. The van der Waals surface area contributed by atoms with Crippen molar-refractivity contribution < 1.29 is 28.7 Å². The van der Waals surface area contributed by atoms with E-state index < -0.39 is 11.9 Å². The second-order valence-electron chi connectivity index (χ2n) is 14.0. The zero-order chi connectivity index (χ0) is 36.8. The first-order valence-corrected chi connectivity index (χ1v) is 18.2.